The molecule has 1 atom stereocenters. The molecule has 3 aromatic carbocycles. The van der Waals surface area contributed by atoms with E-state index in [9.17, 15) is 19.8 Å². The Morgan fingerprint density at radius 1 is 0.969 bits per heavy atom. The summed E-state index contributed by atoms with van der Waals surface area (Å²) in [6, 6.07) is 16.2. The van der Waals surface area contributed by atoms with Crippen LogP contribution in [0.25, 0.3) is 5.76 Å². The number of amides is 1. The number of hydrogen-bond donors (Lipinski definition) is 2. The number of aliphatic hydroxyl groups is 1. The van der Waals surface area contributed by atoms with Gasteiger partial charge in [0.05, 0.1) is 24.3 Å². The number of ketones is 1. The van der Waals surface area contributed by atoms with Gasteiger partial charge in [-0.25, -0.2) is 0 Å². The highest BCUT2D eigenvalue weighted by atomic mass is 35.5. The maximum atomic E-state index is 13.2. The molecule has 1 saturated heterocycles. The van der Waals surface area contributed by atoms with Gasteiger partial charge in [-0.15, -0.1) is 0 Å². The summed E-state index contributed by atoms with van der Waals surface area (Å²) in [6.07, 6.45) is 0. The van der Waals surface area contributed by atoms with Crippen LogP contribution in [0.3, 0.4) is 0 Å². The largest absolute Gasteiger partial charge is 0.508 e. The molecule has 0 spiro atoms. The Morgan fingerprint density at radius 3 is 2.31 bits per heavy atom. The van der Waals surface area contributed by atoms with Crippen molar-refractivity contribution in [1.29, 1.82) is 0 Å². The van der Waals surface area contributed by atoms with Crippen molar-refractivity contribution in [2.24, 2.45) is 0 Å². The number of ether oxygens (including phenoxy) is 1. The highest BCUT2D eigenvalue weighted by molar-refractivity contribution is 6.52. The quantitative estimate of drug-likeness (QED) is 0.306. The fourth-order valence-corrected chi connectivity index (χ4v) is 4.29. The number of rotatable bonds is 4. The molecule has 2 N–H and O–H groups in total. The van der Waals surface area contributed by atoms with Gasteiger partial charge in [-0.3, -0.25) is 14.5 Å². The van der Waals surface area contributed by atoms with Gasteiger partial charge < -0.3 is 14.9 Å². The van der Waals surface area contributed by atoms with Gasteiger partial charge in [0.2, 0.25) is 0 Å². The molecule has 1 unspecified atom stereocenters. The number of halogens is 2. The molecular weight excluding hydrogens is 453 g/mol. The van der Waals surface area contributed by atoms with Crippen LogP contribution in [0.1, 0.15) is 17.2 Å². The summed E-state index contributed by atoms with van der Waals surface area (Å²) >= 11 is 12.3. The summed E-state index contributed by atoms with van der Waals surface area (Å²) in [5, 5.41) is 21.8. The monoisotopic (exact) mass is 469 g/mol. The number of methoxy groups -OCH3 is 1. The first-order valence-corrected chi connectivity index (χ1v) is 10.3. The zero-order valence-corrected chi connectivity index (χ0v) is 18.3. The van der Waals surface area contributed by atoms with E-state index in [4.69, 9.17) is 27.9 Å². The molecule has 1 amide bonds. The second-order valence-electron chi connectivity index (χ2n) is 7.09. The summed E-state index contributed by atoms with van der Waals surface area (Å²) in [4.78, 5) is 27.5. The molecule has 1 aliphatic rings. The number of Topliss-reactive ketones (excluding diaryl/α,β-unsaturated/α-hetero) is 1. The lowest BCUT2D eigenvalue weighted by Crippen LogP contribution is -2.29. The zero-order valence-electron chi connectivity index (χ0n) is 16.8. The Morgan fingerprint density at radius 2 is 1.66 bits per heavy atom. The highest BCUT2D eigenvalue weighted by Crippen LogP contribution is 2.44. The number of phenols is 1. The van der Waals surface area contributed by atoms with Gasteiger partial charge >= 0.3 is 0 Å². The molecule has 0 saturated carbocycles. The number of nitrogens with zero attached hydrogens (tertiary/aromatic N) is 1. The molecule has 32 heavy (non-hydrogen) atoms. The van der Waals surface area contributed by atoms with Gasteiger partial charge in [0.25, 0.3) is 11.7 Å². The minimum atomic E-state index is -1.04. The molecule has 4 rings (SSSR count). The fraction of sp³-hybridized carbons (Fsp3) is 0.0833. The topological polar surface area (TPSA) is 87.1 Å². The predicted octanol–water partition coefficient (Wildman–Crippen LogP) is 5.33. The van der Waals surface area contributed by atoms with Crippen LogP contribution in [0.15, 0.2) is 72.3 Å². The van der Waals surface area contributed by atoms with Crippen molar-refractivity contribution in [1.82, 2.24) is 0 Å². The van der Waals surface area contributed by atoms with Crippen LogP contribution in [-0.4, -0.2) is 29.0 Å². The summed E-state index contributed by atoms with van der Waals surface area (Å²) in [6.45, 7) is 0. The summed E-state index contributed by atoms with van der Waals surface area (Å²) in [5.41, 5.74) is 0.789. The third-order valence-electron chi connectivity index (χ3n) is 5.12. The second kappa shape index (κ2) is 8.57. The van der Waals surface area contributed by atoms with Gasteiger partial charge in [0, 0.05) is 15.7 Å². The maximum absolute atomic E-state index is 13.2. The minimum Gasteiger partial charge on any atom is -0.508 e. The first-order valence-electron chi connectivity index (χ1n) is 9.51. The SMILES string of the molecule is COc1ccccc1/C(O)=C1\C(=O)C(=O)N(c2cc(Cl)cc(Cl)c2)C1c1cccc(O)c1. The highest BCUT2D eigenvalue weighted by Gasteiger charge is 2.47. The first kappa shape index (κ1) is 21.7. The number of anilines is 1. The van der Waals surface area contributed by atoms with E-state index < -0.39 is 23.5 Å². The summed E-state index contributed by atoms with van der Waals surface area (Å²) < 4.78 is 5.31. The normalized spacial score (nSPS) is 17.6. The Kier molecular flexibility index (Phi) is 5.82. The minimum absolute atomic E-state index is 0.0606. The van der Waals surface area contributed by atoms with Gasteiger partial charge in [0.15, 0.2) is 0 Å². The van der Waals surface area contributed by atoms with Gasteiger partial charge in [-0.2, -0.15) is 0 Å². The van der Waals surface area contributed by atoms with Gasteiger partial charge in [-0.1, -0.05) is 47.5 Å². The van der Waals surface area contributed by atoms with E-state index in [1.165, 1.54) is 42.3 Å². The van der Waals surface area contributed by atoms with Crippen LogP contribution >= 0.6 is 23.2 Å². The lowest BCUT2D eigenvalue weighted by atomic mass is 9.94. The molecule has 1 heterocycles. The van der Waals surface area contributed by atoms with Crippen LogP contribution in [0.2, 0.25) is 10.0 Å². The standard InChI is InChI=1S/C24H17Cl2NO5/c1-32-19-8-3-2-7-18(19)22(29)20-21(13-5-4-6-17(28)9-13)27(24(31)23(20)30)16-11-14(25)10-15(26)12-16/h2-12,21,28-29H,1H3/b22-20+. The third kappa shape index (κ3) is 3.79. The molecule has 6 nitrogen and oxygen atoms in total. The van der Waals surface area contributed by atoms with Crippen LogP contribution in [0, 0.1) is 0 Å². The van der Waals surface area contributed by atoms with Crippen molar-refractivity contribution in [2.45, 2.75) is 6.04 Å². The van der Waals surface area contributed by atoms with Crippen LogP contribution in [-0.2, 0) is 9.59 Å². The predicted molar refractivity (Wildman–Crippen MR) is 122 cm³/mol. The maximum Gasteiger partial charge on any atom is 0.300 e. The Labute approximate surface area is 193 Å². The van der Waals surface area contributed by atoms with E-state index >= 15 is 0 Å². The van der Waals surface area contributed by atoms with E-state index in [1.807, 2.05) is 0 Å². The lowest BCUT2D eigenvalue weighted by Gasteiger charge is -2.26. The number of para-hydroxylation sites is 1. The molecule has 162 valence electrons. The summed E-state index contributed by atoms with van der Waals surface area (Å²) in [5.74, 6) is -1.89. The number of aliphatic hydroxyl groups excluding tert-OH is 1. The van der Waals surface area contributed by atoms with E-state index in [-0.39, 0.29) is 32.6 Å². The molecule has 8 heteroatoms. The van der Waals surface area contributed by atoms with Crippen molar-refractivity contribution in [3.05, 3.63) is 93.5 Å². The van der Waals surface area contributed by atoms with E-state index in [1.54, 1.807) is 36.4 Å². The van der Waals surface area contributed by atoms with E-state index in [0.717, 1.165) is 0 Å². The Hall–Kier alpha value is -3.48. The molecule has 0 radical (unpaired) electrons. The Bertz CT molecular complexity index is 1250. The zero-order chi connectivity index (χ0) is 23.0. The number of benzene rings is 3. The number of carbonyl (C=O) groups is 2. The molecule has 1 fully saturated rings. The molecular formula is C24H17Cl2NO5. The fourth-order valence-electron chi connectivity index (χ4n) is 3.77. The molecule has 1 aliphatic heterocycles. The van der Waals surface area contributed by atoms with Crippen molar-refractivity contribution in [3.63, 3.8) is 0 Å². The average Bonchev–Trinajstić information content (AvgIpc) is 3.03. The number of aromatic hydroxyl groups is 1. The molecule has 3 aromatic rings. The number of carbonyl (C=O) groups excluding carboxylic acids is 2. The van der Waals surface area contributed by atoms with E-state index in [0.29, 0.717) is 11.3 Å². The number of hydrogen-bond acceptors (Lipinski definition) is 5. The van der Waals surface area contributed by atoms with Crippen LogP contribution in [0.5, 0.6) is 11.5 Å². The molecule has 0 aliphatic carbocycles. The molecule has 0 aromatic heterocycles. The van der Waals surface area contributed by atoms with E-state index in [2.05, 4.69) is 0 Å². The van der Waals surface area contributed by atoms with Crippen molar-refractivity contribution in [3.8, 4) is 11.5 Å². The molecule has 0 bridgehead atoms. The smallest absolute Gasteiger partial charge is 0.300 e. The van der Waals surface area contributed by atoms with Crippen molar-refractivity contribution in [2.75, 3.05) is 12.0 Å². The van der Waals surface area contributed by atoms with Gasteiger partial charge in [0.1, 0.15) is 17.3 Å². The average molecular weight is 470 g/mol. The Balaban J connectivity index is 2.00. The lowest BCUT2D eigenvalue weighted by molar-refractivity contribution is -0.132. The summed E-state index contributed by atoms with van der Waals surface area (Å²) in [7, 11) is 1.44. The van der Waals surface area contributed by atoms with Gasteiger partial charge in [-0.05, 0) is 48.0 Å². The number of phenolic OH excluding ortho intramolecular Hbond substituents is 1. The van der Waals surface area contributed by atoms with Crippen LogP contribution < -0.4 is 9.64 Å². The third-order valence-corrected chi connectivity index (χ3v) is 5.55. The second-order valence-corrected chi connectivity index (χ2v) is 7.96. The van der Waals surface area contributed by atoms with Crippen LogP contribution in [0.4, 0.5) is 5.69 Å². The van der Waals surface area contributed by atoms with Crippen molar-refractivity contribution < 1.29 is 24.5 Å². The first-order chi connectivity index (χ1) is 15.3. The van der Waals surface area contributed by atoms with Crippen molar-refractivity contribution >= 4 is 46.3 Å².